The highest BCUT2D eigenvalue weighted by atomic mass is 32.2. The lowest BCUT2D eigenvalue weighted by Gasteiger charge is -2.48. The van der Waals surface area contributed by atoms with Crippen molar-refractivity contribution < 1.29 is 14.7 Å². The summed E-state index contributed by atoms with van der Waals surface area (Å²) in [5.41, 5.74) is 6.46. The third kappa shape index (κ3) is 2.29. The number of aryl methyl sites for hydroxylation is 1. The number of thioether (sulfide) groups is 2. The molecule has 0 saturated carbocycles. The molecule has 2 aliphatic rings. The third-order valence-electron chi connectivity index (χ3n) is 3.60. The van der Waals surface area contributed by atoms with Crippen molar-refractivity contribution in [2.75, 3.05) is 5.75 Å². The van der Waals surface area contributed by atoms with E-state index in [4.69, 9.17) is 5.73 Å². The van der Waals surface area contributed by atoms with Gasteiger partial charge >= 0.3 is 5.97 Å². The van der Waals surface area contributed by atoms with Crippen LogP contribution in [0.5, 0.6) is 0 Å². The van der Waals surface area contributed by atoms with E-state index in [1.807, 2.05) is 6.92 Å². The molecule has 3 N–H and O–H groups in total. The van der Waals surface area contributed by atoms with Crippen molar-refractivity contribution in [1.82, 2.24) is 25.1 Å². The van der Waals surface area contributed by atoms with E-state index in [2.05, 4.69) is 15.5 Å². The normalized spacial score (nSPS) is 25.8. The van der Waals surface area contributed by atoms with E-state index in [-0.39, 0.29) is 22.2 Å². The van der Waals surface area contributed by atoms with Gasteiger partial charge in [0.15, 0.2) is 0 Å². The first-order valence-electron chi connectivity index (χ1n) is 6.47. The Labute approximate surface area is 134 Å². The first-order chi connectivity index (χ1) is 10.4. The van der Waals surface area contributed by atoms with Crippen molar-refractivity contribution in [3.05, 3.63) is 11.3 Å². The molecule has 1 unspecified atom stereocenters. The summed E-state index contributed by atoms with van der Waals surface area (Å²) in [4.78, 5) is 24.8. The van der Waals surface area contributed by atoms with Crippen LogP contribution in [-0.2, 0) is 16.6 Å². The zero-order chi connectivity index (χ0) is 16.0. The molecule has 9 nitrogen and oxygen atoms in total. The van der Waals surface area contributed by atoms with Gasteiger partial charge in [-0.3, -0.25) is 9.69 Å². The van der Waals surface area contributed by atoms with Crippen molar-refractivity contribution in [3.8, 4) is 0 Å². The van der Waals surface area contributed by atoms with Crippen LogP contribution in [0.1, 0.15) is 6.92 Å². The highest BCUT2D eigenvalue weighted by Gasteiger charge is 2.52. The second-order valence-electron chi connectivity index (χ2n) is 4.96. The number of nitrogens with zero attached hydrogens (tertiary/aromatic N) is 5. The van der Waals surface area contributed by atoms with Crippen LogP contribution in [0, 0.1) is 0 Å². The predicted molar refractivity (Wildman–Crippen MR) is 79.8 cm³/mol. The number of rotatable bonds is 4. The fourth-order valence-electron chi connectivity index (χ4n) is 2.40. The lowest BCUT2D eigenvalue weighted by molar-refractivity contribution is -0.148. The molecule has 3 rings (SSSR count). The quantitative estimate of drug-likeness (QED) is 0.538. The predicted octanol–water partition coefficient (Wildman–Crippen LogP) is -0.728. The summed E-state index contributed by atoms with van der Waals surface area (Å²) >= 11 is 2.84. The van der Waals surface area contributed by atoms with Crippen LogP contribution < -0.4 is 5.73 Å². The van der Waals surface area contributed by atoms with Gasteiger partial charge in [0.2, 0.25) is 11.1 Å². The molecular formula is C11H14N6O3S2. The first-order valence-corrected chi connectivity index (χ1v) is 8.40. The molecule has 22 heavy (non-hydrogen) atoms. The Bertz CT molecular complexity index is 675. The van der Waals surface area contributed by atoms with Crippen LogP contribution in [0.25, 0.3) is 0 Å². The maximum Gasteiger partial charge on any atom is 0.352 e. The van der Waals surface area contributed by atoms with Gasteiger partial charge in [-0.2, -0.15) is 0 Å². The highest BCUT2D eigenvalue weighted by Crippen LogP contribution is 2.42. The number of carbonyl (C=O) groups excluding carboxylic acids is 1. The number of fused-ring (bicyclic) bond motifs is 1. The minimum atomic E-state index is -1.11. The number of nitrogens with two attached hydrogens (primary N) is 1. The number of β-lactam (4-membered cyclic amide) rings is 1. The van der Waals surface area contributed by atoms with Crippen LogP contribution in [0.2, 0.25) is 0 Å². The Morgan fingerprint density at radius 1 is 1.59 bits per heavy atom. The summed E-state index contributed by atoms with van der Waals surface area (Å²) in [5.74, 6) is -0.933. The summed E-state index contributed by atoms with van der Waals surface area (Å²) in [6.07, 6.45) is 0. The van der Waals surface area contributed by atoms with E-state index < -0.39 is 12.0 Å². The molecule has 1 amide bonds. The van der Waals surface area contributed by atoms with E-state index in [0.717, 1.165) is 0 Å². The van der Waals surface area contributed by atoms with Crippen LogP contribution in [0.3, 0.4) is 0 Å². The average molecular weight is 342 g/mol. The number of carbonyl (C=O) groups is 2. The molecule has 0 aromatic carbocycles. The number of carboxylic acids is 1. The molecule has 1 saturated heterocycles. The number of hydrogen-bond acceptors (Lipinski definition) is 8. The average Bonchev–Trinajstić information content (AvgIpc) is 2.89. The Kier molecular flexibility index (Phi) is 3.87. The van der Waals surface area contributed by atoms with E-state index in [0.29, 0.717) is 16.5 Å². The van der Waals surface area contributed by atoms with Crippen molar-refractivity contribution in [3.63, 3.8) is 0 Å². The molecule has 0 spiro atoms. The topological polar surface area (TPSA) is 127 Å². The van der Waals surface area contributed by atoms with E-state index in [1.54, 1.807) is 7.05 Å². The zero-order valence-corrected chi connectivity index (χ0v) is 13.5. The van der Waals surface area contributed by atoms with Crippen molar-refractivity contribution in [2.45, 2.75) is 28.7 Å². The molecule has 118 valence electrons. The largest absolute Gasteiger partial charge is 0.477 e. The van der Waals surface area contributed by atoms with Gasteiger partial charge in [0.25, 0.3) is 0 Å². The summed E-state index contributed by atoms with van der Waals surface area (Å²) in [6.45, 7) is 1.88. The van der Waals surface area contributed by atoms with Gasteiger partial charge in [0.1, 0.15) is 17.1 Å². The molecule has 3 atom stereocenters. The number of amides is 1. The Balaban J connectivity index is 1.91. The molecule has 3 heterocycles. The second-order valence-corrected chi connectivity index (χ2v) is 7.37. The van der Waals surface area contributed by atoms with E-state index in [1.165, 1.54) is 33.1 Å². The maximum atomic E-state index is 11.9. The smallest absolute Gasteiger partial charge is 0.352 e. The van der Waals surface area contributed by atoms with Crippen LogP contribution in [0.4, 0.5) is 0 Å². The van der Waals surface area contributed by atoms with Gasteiger partial charge in [-0.1, -0.05) is 11.8 Å². The Morgan fingerprint density at radius 2 is 2.32 bits per heavy atom. The standard InChI is InChI=1S/C11H14N6O3S2/c1-4(22-11-13-14-15-16(11)2)5-3-21-9-6(12)8(18)17(9)7(5)10(19)20/h4,6,9H,3,12H2,1-2H3,(H,19,20)/t4?,6-,9-/m1/s1. The van der Waals surface area contributed by atoms with E-state index >= 15 is 0 Å². The molecule has 0 bridgehead atoms. The van der Waals surface area contributed by atoms with Crippen molar-refractivity contribution >= 4 is 35.4 Å². The van der Waals surface area contributed by atoms with Crippen LogP contribution >= 0.6 is 23.5 Å². The van der Waals surface area contributed by atoms with Gasteiger partial charge in [-0.05, 0) is 22.9 Å². The van der Waals surface area contributed by atoms with Crippen molar-refractivity contribution in [2.24, 2.45) is 12.8 Å². The third-order valence-corrected chi connectivity index (χ3v) is 6.11. The van der Waals surface area contributed by atoms with Gasteiger partial charge in [0.05, 0.1) is 0 Å². The molecule has 0 aliphatic carbocycles. The molecule has 0 radical (unpaired) electrons. The van der Waals surface area contributed by atoms with Crippen LogP contribution in [0.15, 0.2) is 16.4 Å². The maximum absolute atomic E-state index is 11.9. The number of carboxylic acid groups (broad SMARTS) is 1. The monoisotopic (exact) mass is 342 g/mol. The SMILES string of the molecule is CC(Sc1nnnn1C)C1=C(C(=O)O)N2C(=O)[C@@H](N)[C@H]2SC1. The summed E-state index contributed by atoms with van der Waals surface area (Å²) < 4.78 is 1.52. The number of hydrogen-bond donors (Lipinski definition) is 2. The molecular weight excluding hydrogens is 328 g/mol. The molecule has 11 heteroatoms. The van der Waals surface area contributed by atoms with Crippen LogP contribution in [-0.4, -0.2) is 64.5 Å². The second kappa shape index (κ2) is 5.56. The fraction of sp³-hybridized carbons (Fsp3) is 0.545. The number of tetrazole rings is 1. The zero-order valence-electron chi connectivity index (χ0n) is 11.8. The lowest BCUT2D eigenvalue weighted by Crippen LogP contribution is -2.68. The Morgan fingerprint density at radius 3 is 2.91 bits per heavy atom. The molecule has 1 aromatic heterocycles. The van der Waals surface area contributed by atoms with Gasteiger partial charge in [0, 0.05) is 18.1 Å². The minimum Gasteiger partial charge on any atom is -0.477 e. The summed E-state index contributed by atoms with van der Waals surface area (Å²) in [6, 6.07) is -0.619. The Hall–Kier alpha value is -1.59. The summed E-state index contributed by atoms with van der Waals surface area (Å²) in [5, 5.41) is 20.8. The summed E-state index contributed by atoms with van der Waals surface area (Å²) in [7, 11) is 1.71. The minimum absolute atomic E-state index is 0.0468. The number of aromatic nitrogens is 4. The highest BCUT2D eigenvalue weighted by molar-refractivity contribution is 8.01. The van der Waals surface area contributed by atoms with Gasteiger partial charge in [-0.15, -0.1) is 16.9 Å². The lowest BCUT2D eigenvalue weighted by atomic mass is 10.0. The van der Waals surface area contributed by atoms with Gasteiger partial charge < -0.3 is 10.8 Å². The van der Waals surface area contributed by atoms with Gasteiger partial charge in [-0.25, -0.2) is 9.48 Å². The van der Waals surface area contributed by atoms with Crippen molar-refractivity contribution in [1.29, 1.82) is 0 Å². The molecule has 1 aromatic rings. The fourth-order valence-corrected chi connectivity index (χ4v) is 4.85. The molecule has 2 aliphatic heterocycles. The first kappa shape index (κ1) is 15.3. The number of aliphatic carboxylic acids is 1. The molecule has 1 fully saturated rings. The van der Waals surface area contributed by atoms with E-state index in [9.17, 15) is 14.7 Å².